The Morgan fingerprint density at radius 3 is 2.45 bits per heavy atom. The summed E-state index contributed by atoms with van der Waals surface area (Å²) in [7, 11) is 5.38. The van der Waals surface area contributed by atoms with E-state index >= 15 is 0 Å². The van der Waals surface area contributed by atoms with Crippen molar-refractivity contribution < 1.29 is 28.6 Å². The molecule has 1 spiro atoms. The van der Waals surface area contributed by atoms with Crippen molar-refractivity contribution in [1.29, 1.82) is 0 Å². The van der Waals surface area contributed by atoms with Crippen LogP contribution >= 0.6 is 0 Å². The van der Waals surface area contributed by atoms with Gasteiger partial charge < -0.3 is 24.3 Å². The van der Waals surface area contributed by atoms with Crippen LogP contribution in [0.25, 0.3) is 11.1 Å². The van der Waals surface area contributed by atoms with Crippen LogP contribution in [0.5, 0.6) is 5.75 Å². The number of benzene rings is 2. The monoisotopic (exact) mass is 645 g/mol. The summed E-state index contributed by atoms with van der Waals surface area (Å²) in [6.07, 6.45) is 8.27. The number of nitrogens with one attached hydrogen (secondary N) is 1. The summed E-state index contributed by atoms with van der Waals surface area (Å²) in [5.41, 5.74) is 6.04. The van der Waals surface area contributed by atoms with Crippen molar-refractivity contribution in [3.8, 4) is 16.9 Å². The molecule has 3 aromatic rings. The first-order valence-electron chi connectivity index (χ1n) is 16.4. The van der Waals surface area contributed by atoms with Gasteiger partial charge in [0.05, 0.1) is 45.3 Å². The van der Waals surface area contributed by atoms with E-state index in [0.717, 1.165) is 93.9 Å². The molecule has 2 saturated heterocycles. The zero-order valence-electron chi connectivity index (χ0n) is 27.8. The van der Waals surface area contributed by atoms with Gasteiger partial charge >= 0.3 is 0 Å². The standard InChI is InChI=1S/C32H39N5O4.C4H8O2/c1-33-31(40)29(8-5-15-38)35(2)20-27-25(21-39)9-10-28-30(27)41-22-32(28)11-13-37(14-12-32)18-23-6-4-7-24(16-23)26-17-34-36(3)19-26;1-2-6-4-3-5-1/h4,6-7,9-10,15-17,19,21,29H,5,8,11-14,18,20,22H2,1-3H3,(H,33,40);1-4H2/t29-;/m0./s1. The fourth-order valence-corrected chi connectivity index (χ4v) is 6.76. The number of piperidine rings is 1. The van der Waals surface area contributed by atoms with E-state index in [4.69, 9.17) is 14.2 Å². The number of rotatable bonds is 11. The van der Waals surface area contributed by atoms with E-state index in [1.165, 1.54) is 11.1 Å². The van der Waals surface area contributed by atoms with Gasteiger partial charge in [0.25, 0.3) is 0 Å². The van der Waals surface area contributed by atoms with E-state index in [0.29, 0.717) is 31.6 Å². The Morgan fingerprint density at radius 2 is 1.83 bits per heavy atom. The Labute approximate surface area is 277 Å². The van der Waals surface area contributed by atoms with Gasteiger partial charge in [-0.25, -0.2) is 0 Å². The molecule has 1 atom stereocenters. The van der Waals surface area contributed by atoms with Crippen molar-refractivity contribution in [2.45, 2.75) is 50.2 Å². The second-order valence-corrected chi connectivity index (χ2v) is 12.6. The second-order valence-electron chi connectivity index (χ2n) is 12.6. The van der Waals surface area contributed by atoms with Gasteiger partial charge in [-0.1, -0.05) is 30.3 Å². The predicted molar refractivity (Wildman–Crippen MR) is 178 cm³/mol. The maximum atomic E-state index is 12.6. The van der Waals surface area contributed by atoms with E-state index in [-0.39, 0.29) is 11.3 Å². The van der Waals surface area contributed by atoms with Gasteiger partial charge in [0.1, 0.15) is 12.0 Å². The molecular weight excluding hydrogens is 598 g/mol. The molecule has 1 N–H and O–H groups in total. The molecule has 0 aliphatic carbocycles. The maximum Gasteiger partial charge on any atom is 0.237 e. The number of amides is 1. The molecule has 47 heavy (non-hydrogen) atoms. The first kappa shape index (κ1) is 34.4. The number of carbonyl (C=O) groups excluding carboxylic acids is 3. The summed E-state index contributed by atoms with van der Waals surface area (Å²) in [5.74, 6) is 0.635. The number of aryl methyl sites for hydroxylation is 1. The zero-order chi connectivity index (χ0) is 33.2. The lowest BCUT2D eigenvalue weighted by atomic mass is 9.73. The highest BCUT2D eigenvalue weighted by molar-refractivity contribution is 5.82. The number of carbonyl (C=O) groups is 3. The lowest BCUT2D eigenvalue weighted by Gasteiger charge is -2.38. The SMILES string of the molecule is C1COCCO1.CNC(=O)[C@H](CCC=O)N(C)Cc1c(C=O)ccc2c1OCC21CCN(Cc2cccc(-c3cnn(C)c3)c2)CC1. The van der Waals surface area contributed by atoms with Crippen LogP contribution in [0, 0.1) is 0 Å². The van der Waals surface area contributed by atoms with Gasteiger partial charge in [0.15, 0.2) is 6.29 Å². The molecule has 0 bridgehead atoms. The molecule has 2 fully saturated rings. The molecule has 1 amide bonds. The summed E-state index contributed by atoms with van der Waals surface area (Å²) in [6, 6.07) is 12.1. The minimum Gasteiger partial charge on any atom is -0.492 e. The minimum atomic E-state index is -0.476. The van der Waals surface area contributed by atoms with Crippen molar-refractivity contribution in [3.63, 3.8) is 0 Å². The quantitative estimate of drug-likeness (QED) is 0.314. The Morgan fingerprint density at radius 1 is 1.09 bits per heavy atom. The van der Waals surface area contributed by atoms with Crippen LogP contribution in [0.1, 0.15) is 52.7 Å². The Kier molecular flexibility index (Phi) is 11.9. The van der Waals surface area contributed by atoms with Crippen LogP contribution < -0.4 is 10.1 Å². The fraction of sp³-hybridized carbons (Fsp3) is 0.500. The molecule has 6 rings (SSSR count). The molecule has 3 aliphatic heterocycles. The van der Waals surface area contributed by atoms with Gasteiger partial charge in [-0.2, -0.15) is 5.10 Å². The first-order valence-corrected chi connectivity index (χ1v) is 16.4. The van der Waals surface area contributed by atoms with Crippen LogP contribution in [0.2, 0.25) is 0 Å². The molecule has 252 valence electrons. The number of nitrogens with zero attached hydrogens (tertiary/aromatic N) is 4. The lowest BCUT2D eigenvalue weighted by molar-refractivity contribution is -0.126. The van der Waals surface area contributed by atoms with Gasteiger partial charge in [-0.3, -0.25) is 24.1 Å². The van der Waals surface area contributed by atoms with E-state index in [1.54, 1.807) is 7.05 Å². The molecule has 0 radical (unpaired) electrons. The summed E-state index contributed by atoms with van der Waals surface area (Å²) in [6.45, 7) is 6.88. The number of fused-ring (bicyclic) bond motifs is 2. The molecule has 1 aromatic heterocycles. The highest BCUT2D eigenvalue weighted by Crippen LogP contribution is 2.48. The summed E-state index contributed by atoms with van der Waals surface area (Å²) >= 11 is 0. The van der Waals surface area contributed by atoms with Crippen LogP contribution in [0.3, 0.4) is 0 Å². The van der Waals surface area contributed by atoms with E-state index in [2.05, 4.69) is 45.6 Å². The van der Waals surface area contributed by atoms with E-state index in [9.17, 15) is 14.4 Å². The van der Waals surface area contributed by atoms with Crippen molar-refractivity contribution in [2.24, 2.45) is 7.05 Å². The number of aldehydes is 2. The summed E-state index contributed by atoms with van der Waals surface area (Å²) < 4.78 is 18.1. The van der Waals surface area contributed by atoms with Gasteiger partial charge in [-0.05, 0) is 56.6 Å². The lowest BCUT2D eigenvalue weighted by Crippen LogP contribution is -2.44. The Balaban J connectivity index is 0.000000650. The van der Waals surface area contributed by atoms with Crippen LogP contribution in [-0.2, 0) is 44.6 Å². The van der Waals surface area contributed by atoms with Crippen molar-refractivity contribution >= 4 is 18.5 Å². The van der Waals surface area contributed by atoms with E-state index in [1.807, 2.05) is 42.1 Å². The Hall–Kier alpha value is -3.90. The number of ether oxygens (including phenoxy) is 3. The molecule has 11 nitrogen and oxygen atoms in total. The molecule has 3 aliphatic rings. The minimum absolute atomic E-state index is 0.0875. The number of aromatic nitrogens is 2. The molecular formula is C36H47N5O6. The second kappa shape index (κ2) is 16.3. The van der Waals surface area contributed by atoms with Crippen molar-refractivity contribution in [2.75, 3.05) is 60.2 Å². The third-order valence-electron chi connectivity index (χ3n) is 9.46. The zero-order valence-corrected chi connectivity index (χ0v) is 27.8. The van der Waals surface area contributed by atoms with E-state index < -0.39 is 6.04 Å². The van der Waals surface area contributed by atoms with Crippen LogP contribution in [0.15, 0.2) is 48.8 Å². The highest BCUT2D eigenvalue weighted by atomic mass is 16.6. The molecule has 0 saturated carbocycles. The third-order valence-corrected chi connectivity index (χ3v) is 9.46. The largest absolute Gasteiger partial charge is 0.492 e. The number of hydrogen-bond donors (Lipinski definition) is 1. The number of likely N-dealkylation sites (N-methyl/N-ethyl adjacent to an activating group) is 2. The van der Waals surface area contributed by atoms with Crippen LogP contribution in [-0.4, -0.2) is 104 Å². The average Bonchev–Trinajstić information content (AvgIpc) is 3.71. The first-order chi connectivity index (χ1) is 22.9. The number of likely N-dealkylation sites (tertiary alicyclic amines) is 1. The van der Waals surface area contributed by atoms with Crippen LogP contribution in [0.4, 0.5) is 0 Å². The highest BCUT2D eigenvalue weighted by Gasteiger charge is 2.44. The molecule has 2 aromatic carbocycles. The molecule has 4 heterocycles. The smallest absolute Gasteiger partial charge is 0.237 e. The topological polar surface area (TPSA) is 115 Å². The van der Waals surface area contributed by atoms with Gasteiger partial charge in [0.2, 0.25) is 5.91 Å². The van der Waals surface area contributed by atoms with Crippen molar-refractivity contribution in [3.05, 3.63) is 71.0 Å². The molecule has 0 unspecified atom stereocenters. The normalized spacial score (nSPS) is 17.7. The Bertz CT molecular complexity index is 1500. The third kappa shape index (κ3) is 8.34. The van der Waals surface area contributed by atoms with Gasteiger partial charge in [0, 0.05) is 67.5 Å². The number of hydrogen-bond acceptors (Lipinski definition) is 9. The molecule has 11 heteroatoms. The average molecular weight is 646 g/mol. The fourth-order valence-electron chi connectivity index (χ4n) is 6.76. The van der Waals surface area contributed by atoms with Crippen molar-refractivity contribution in [1.82, 2.24) is 24.9 Å². The predicted octanol–water partition coefficient (Wildman–Crippen LogP) is 3.38. The summed E-state index contributed by atoms with van der Waals surface area (Å²) in [5, 5.41) is 7.00. The van der Waals surface area contributed by atoms with Gasteiger partial charge in [-0.15, -0.1) is 0 Å². The maximum absolute atomic E-state index is 12.6. The summed E-state index contributed by atoms with van der Waals surface area (Å²) in [4.78, 5) is 40.0.